The highest BCUT2D eigenvalue weighted by molar-refractivity contribution is 5.78. The van der Waals surface area contributed by atoms with Crippen LogP contribution in [0, 0.1) is 11.3 Å². The Balaban J connectivity index is 1.32. The molecule has 4 heterocycles. The van der Waals surface area contributed by atoms with Crippen molar-refractivity contribution in [1.29, 1.82) is 5.26 Å². The molecule has 0 unspecified atom stereocenters. The zero-order valence-corrected chi connectivity index (χ0v) is 15.8. The molecule has 0 N–H and O–H groups in total. The fraction of sp³-hybridized carbons (Fsp3) is 0.524. The maximum Gasteiger partial charge on any atom is 0.236 e. The molecule has 0 radical (unpaired) electrons. The summed E-state index contributed by atoms with van der Waals surface area (Å²) in [5.74, 6) is 0.286. The molecule has 0 saturated carbocycles. The average molecular weight is 365 g/mol. The Kier molecular flexibility index (Phi) is 5.42. The van der Waals surface area contributed by atoms with Crippen molar-refractivity contribution in [3.8, 4) is 6.07 Å². The number of likely N-dealkylation sites (tertiary alicyclic amines) is 1. The molecule has 0 bridgehead atoms. The van der Waals surface area contributed by atoms with Gasteiger partial charge in [0.2, 0.25) is 5.91 Å². The van der Waals surface area contributed by atoms with E-state index in [1.807, 2.05) is 33.7 Å². The Labute approximate surface area is 160 Å². The van der Waals surface area contributed by atoms with Gasteiger partial charge in [-0.3, -0.25) is 14.6 Å². The quantitative estimate of drug-likeness (QED) is 0.831. The van der Waals surface area contributed by atoms with Gasteiger partial charge < -0.3 is 9.30 Å². The first-order valence-corrected chi connectivity index (χ1v) is 9.96. The predicted octanol–water partition coefficient (Wildman–Crippen LogP) is 1.94. The van der Waals surface area contributed by atoms with E-state index in [-0.39, 0.29) is 5.91 Å². The van der Waals surface area contributed by atoms with Gasteiger partial charge in [-0.05, 0) is 31.4 Å². The standard InChI is InChI=1S/C21H27N5O/c22-14-19-18(16-26-9-5-2-6-20(19)26)15-23-10-12-24(13-11-23)17-21(27)25-7-3-1-4-8-25/h2,5-6,9,16H,1,3-4,7-8,10-13,15,17H2. The molecule has 4 rings (SSSR count). The first kappa shape index (κ1) is 18.0. The highest BCUT2D eigenvalue weighted by atomic mass is 16.2. The van der Waals surface area contributed by atoms with E-state index in [0.717, 1.165) is 75.3 Å². The number of hydrogen-bond donors (Lipinski definition) is 0. The molecule has 0 aromatic carbocycles. The first-order chi connectivity index (χ1) is 13.2. The molecule has 2 aromatic rings. The minimum atomic E-state index is 0.286. The lowest BCUT2D eigenvalue weighted by molar-refractivity contribution is -0.133. The maximum atomic E-state index is 12.5. The van der Waals surface area contributed by atoms with Crippen LogP contribution in [0.5, 0.6) is 0 Å². The number of piperazine rings is 1. The number of aromatic nitrogens is 1. The van der Waals surface area contributed by atoms with Gasteiger partial charge in [0.25, 0.3) is 0 Å². The van der Waals surface area contributed by atoms with Gasteiger partial charge in [-0.1, -0.05) is 6.07 Å². The van der Waals surface area contributed by atoms with E-state index in [2.05, 4.69) is 22.1 Å². The number of amides is 1. The van der Waals surface area contributed by atoms with Crippen molar-refractivity contribution < 1.29 is 4.79 Å². The van der Waals surface area contributed by atoms with Crippen LogP contribution in [-0.2, 0) is 11.3 Å². The zero-order chi connectivity index (χ0) is 18.6. The molecule has 6 nitrogen and oxygen atoms in total. The molecule has 0 aliphatic carbocycles. The van der Waals surface area contributed by atoms with Crippen molar-refractivity contribution in [3.05, 3.63) is 41.7 Å². The molecule has 2 aliphatic rings. The lowest BCUT2D eigenvalue weighted by atomic mass is 10.1. The second kappa shape index (κ2) is 8.12. The van der Waals surface area contributed by atoms with Gasteiger partial charge >= 0.3 is 0 Å². The number of rotatable bonds is 4. The minimum Gasteiger partial charge on any atom is -0.342 e. The minimum absolute atomic E-state index is 0.286. The number of fused-ring (bicyclic) bond motifs is 1. The monoisotopic (exact) mass is 365 g/mol. The molecule has 1 amide bonds. The number of nitriles is 1. The molecular formula is C21H27N5O. The van der Waals surface area contributed by atoms with Crippen molar-refractivity contribution in [2.75, 3.05) is 45.8 Å². The van der Waals surface area contributed by atoms with E-state index in [1.165, 1.54) is 6.42 Å². The fourth-order valence-corrected chi connectivity index (χ4v) is 4.21. The van der Waals surface area contributed by atoms with Crippen molar-refractivity contribution in [2.24, 2.45) is 0 Å². The van der Waals surface area contributed by atoms with Crippen molar-refractivity contribution in [2.45, 2.75) is 25.8 Å². The normalized spacial score (nSPS) is 19.3. The van der Waals surface area contributed by atoms with Gasteiger partial charge in [0.1, 0.15) is 6.07 Å². The van der Waals surface area contributed by atoms with Gasteiger partial charge in [0.15, 0.2) is 0 Å². The third-order valence-electron chi connectivity index (χ3n) is 5.80. The van der Waals surface area contributed by atoms with Crippen LogP contribution in [0.3, 0.4) is 0 Å². The molecule has 27 heavy (non-hydrogen) atoms. The van der Waals surface area contributed by atoms with Gasteiger partial charge in [0, 0.05) is 63.8 Å². The van der Waals surface area contributed by atoms with E-state index < -0.39 is 0 Å². The number of piperidine rings is 1. The number of hydrogen-bond acceptors (Lipinski definition) is 4. The van der Waals surface area contributed by atoms with Crippen molar-refractivity contribution in [3.63, 3.8) is 0 Å². The van der Waals surface area contributed by atoms with E-state index in [0.29, 0.717) is 6.54 Å². The summed E-state index contributed by atoms with van der Waals surface area (Å²) in [4.78, 5) is 19.1. The first-order valence-electron chi connectivity index (χ1n) is 9.96. The highest BCUT2D eigenvalue weighted by Gasteiger charge is 2.23. The molecule has 6 heteroatoms. The number of carbonyl (C=O) groups is 1. The van der Waals surface area contributed by atoms with Crippen LogP contribution in [0.15, 0.2) is 30.6 Å². The molecule has 142 valence electrons. The highest BCUT2D eigenvalue weighted by Crippen LogP contribution is 2.20. The van der Waals surface area contributed by atoms with Crippen molar-refractivity contribution >= 4 is 11.4 Å². The molecule has 0 spiro atoms. The van der Waals surface area contributed by atoms with E-state index >= 15 is 0 Å². The lowest BCUT2D eigenvalue weighted by Crippen LogP contribution is -2.50. The summed E-state index contributed by atoms with van der Waals surface area (Å²) in [5.41, 5.74) is 2.83. The molecule has 2 saturated heterocycles. The van der Waals surface area contributed by atoms with E-state index in [4.69, 9.17) is 0 Å². The summed E-state index contributed by atoms with van der Waals surface area (Å²) in [6.45, 7) is 6.89. The van der Waals surface area contributed by atoms with Crippen molar-refractivity contribution in [1.82, 2.24) is 19.1 Å². The summed E-state index contributed by atoms with van der Waals surface area (Å²) in [7, 11) is 0. The van der Waals surface area contributed by atoms with E-state index in [1.54, 1.807) is 0 Å². The molecule has 2 aliphatic heterocycles. The third-order valence-corrected chi connectivity index (χ3v) is 5.80. The smallest absolute Gasteiger partial charge is 0.236 e. The lowest BCUT2D eigenvalue weighted by Gasteiger charge is -2.36. The summed E-state index contributed by atoms with van der Waals surface area (Å²) < 4.78 is 2.03. The van der Waals surface area contributed by atoms with Crippen LogP contribution in [0.1, 0.15) is 30.4 Å². The summed E-state index contributed by atoms with van der Waals surface area (Å²) in [6.07, 6.45) is 7.60. The third kappa shape index (κ3) is 4.00. The Morgan fingerprint density at radius 3 is 2.48 bits per heavy atom. The second-order valence-electron chi connectivity index (χ2n) is 7.63. The SMILES string of the molecule is N#Cc1c(CN2CCN(CC(=O)N3CCCCC3)CC2)cn2ccccc12. The summed E-state index contributed by atoms with van der Waals surface area (Å²) >= 11 is 0. The summed E-state index contributed by atoms with van der Waals surface area (Å²) in [5, 5.41) is 9.57. The largest absolute Gasteiger partial charge is 0.342 e. The molecule has 2 aromatic heterocycles. The van der Waals surface area contributed by atoms with Crippen LogP contribution < -0.4 is 0 Å². The van der Waals surface area contributed by atoms with Crippen LogP contribution in [0.4, 0.5) is 0 Å². The number of pyridine rings is 1. The average Bonchev–Trinajstić information content (AvgIpc) is 3.07. The van der Waals surface area contributed by atoms with Gasteiger partial charge in [-0.25, -0.2) is 0 Å². The number of carbonyl (C=O) groups excluding carboxylic acids is 1. The van der Waals surface area contributed by atoms with Gasteiger partial charge in [-0.2, -0.15) is 5.26 Å². The number of nitrogens with zero attached hydrogens (tertiary/aromatic N) is 5. The predicted molar refractivity (Wildman–Crippen MR) is 104 cm³/mol. The molecule has 2 fully saturated rings. The Bertz CT molecular complexity index is 838. The topological polar surface area (TPSA) is 55.0 Å². The molecular weight excluding hydrogens is 338 g/mol. The Morgan fingerprint density at radius 2 is 1.74 bits per heavy atom. The maximum absolute atomic E-state index is 12.5. The van der Waals surface area contributed by atoms with Crippen LogP contribution in [-0.4, -0.2) is 70.8 Å². The molecule has 0 atom stereocenters. The second-order valence-corrected chi connectivity index (χ2v) is 7.63. The van der Waals surface area contributed by atoms with Crippen LogP contribution in [0.2, 0.25) is 0 Å². The van der Waals surface area contributed by atoms with Crippen LogP contribution in [0.25, 0.3) is 5.52 Å². The zero-order valence-electron chi connectivity index (χ0n) is 15.8. The van der Waals surface area contributed by atoms with Gasteiger partial charge in [-0.15, -0.1) is 0 Å². The Hall–Kier alpha value is -2.36. The van der Waals surface area contributed by atoms with E-state index in [9.17, 15) is 10.1 Å². The summed E-state index contributed by atoms with van der Waals surface area (Å²) in [6, 6.07) is 8.32. The Morgan fingerprint density at radius 1 is 1.00 bits per heavy atom. The van der Waals surface area contributed by atoms with Gasteiger partial charge in [0.05, 0.1) is 17.6 Å². The van der Waals surface area contributed by atoms with Crippen LogP contribution >= 0.6 is 0 Å². The fourth-order valence-electron chi connectivity index (χ4n) is 4.21.